The quantitative estimate of drug-likeness (QED) is 0.564. The smallest absolute Gasteiger partial charge is 0.269 e. The maximum atomic E-state index is 11.6. The van der Waals surface area contributed by atoms with E-state index in [1.165, 1.54) is 12.1 Å². The molecule has 0 amide bonds. The van der Waals surface area contributed by atoms with Gasteiger partial charge in [-0.25, -0.2) is 0 Å². The second-order valence-corrected chi connectivity index (χ2v) is 4.29. The minimum Gasteiger partial charge on any atom is -0.299 e. The summed E-state index contributed by atoms with van der Waals surface area (Å²) in [4.78, 5) is 21.7. The van der Waals surface area contributed by atoms with E-state index in [2.05, 4.69) is 0 Å². The first-order valence-electron chi connectivity index (χ1n) is 5.40. The fourth-order valence-corrected chi connectivity index (χ4v) is 1.72. The van der Waals surface area contributed by atoms with Crippen molar-refractivity contribution in [3.05, 3.63) is 39.9 Å². The molecule has 2 rings (SSSR count). The Morgan fingerprint density at radius 1 is 1.44 bits per heavy atom. The van der Waals surface area contributed by atoms with E-state index in [-0.39, 0.29) is 11.5 Å². The Bertz CT molecular complexity index is 424. The van der Waals surface area contributed by atoms with Crippen molar-refractivity contribution in [2.45, 2.75) is 25.7 Å². The third-order valence-corrected chi connectivity index (χ3v) is 2.74. The fourth-order valence-electron chi connectivity index (χ4n) is 1.72. The van der Waals surface area contributed by atoms with Gasteiger partial charge < -0.3 is 0 Å². The standard InChI is InChI=1S/C12H13NO3/c14-12(7-9-4-5-9)8-10-2-1-3-11(6-10)13(15)16/h1-3,6,9H,4-5,7-8H2. The number of Topliss-reactive ketones (excluding diaryl/α,β-unsaturated/α-hetero) is 1. The zero-order valence-corrected chi connectivity index (χ0v) is 8.89. The maximum absolute atomic E-state index is 11.6. The molecular weight excluding hydrogens is 206 g/mol. The molecule has 0 unspecified atom stereocenters. The number of nitro groups is 1. The normalized spacial score (nSPS) is 14.8. The number of rotatable bonds is 5. The Hall–Kier alpha value is -1.71. The lowest BCUT2D eigenvalue weighted by Gasteiger charge is -2.00. The second kappa shape index (κ2) is 4.43. The van der Waals surface area contributed by atoms with Crippen molar-refractivity contribution >= 4 is 11.5 Å². The molecule has 1 fully saturated rings. The minimum atomic E-state index is -0.436. The van der Waals surface area contributed by atoms with Crippen LogP contribution in [0.15, 0.2) is 24.3 Å². The first-order chi connectivity index (χ1) is 7.65. The SMILES string of the molecule is O=C(Cc1cccc([N+](=O)[O-])c1)CC1CC1. The first-order valence-corrected chi connectivity index (χ1v) is 5.40. The molecule has 0 atom stereocenters. The molecule has 1 aromatic rings. The third-order valence-electron chi connectivity index (χ3n) is 2.74. The summed E-state index contributed by atoms with van der Waals surface area (Å²) in [5.74, 6) is 0.759. The van der Waals surface area contributed by atoms with E-state index in [9.17, 15) is 14.9 Å². The number of non-ortho nitro benzene ring substituents is 1. The number of hydrogen-bond donors (Lipinski definition) is 0. The van der Waals surface area contributed by atoms with E-state index >= 15 is 0 Å². The lowest BCUT2D eigenvalue weighted by molar-refractivity contribution is -0.384. The molecule has 1 aliphatic rings. The van der Waals surface area contributed by atoms with Crippen molar-refractivity contribution in [2.75, 3.05) is 0 Å². The number of hydrogen-bond acceptors (Lipinski definition) is 3. The van der Waals surface area contributed by atoms with Crippen molar-refractivity contribution in [3.8, 4) is 0 Å². The van der Waals surface area contributed by atoms with E-state index in [0.717, 1.165) is 18.4 Å². The van der Waals surface area contributed by atoms with Gasteiger partial charge in [-0.3, -0.25) is 14.9 Å². The number of carbonyl (C=O) groups is 1. The molecule has 0 radical (unpaired) electrons. The summed E-state index contributed by atoms with van der Waals surface area (Å²) in [6.45, 7) is 0. The van der Waals surface area contributed by atoms with Gasteiger partial charge in [-0.15, -0.1) is 0 Å². The van der Waals surface area contributed by atoms with Gasteiger partial charge in [0.2, 0.25) is 0 Å². The van der Waals surface area contributed by atoms with Crippen LogP contribution in [-0.4, -0.2) is 10.7 Å². The summed E-state index contributed by atoms with van der Waals surface area (Å²) >= 11 is 0. The van der Waals surface area contributed by atoms with Crippen LogP contribution in [0.4, 0.5) is 5.69 Å². The van der Waals surface area contributed by atoms with Crippen LogP contribution >= 0.6 is 0 Å². The van der Waals surface area contributed by atoms with Crippen LogP contribution in [0.25, 0.3) is 0 Å². The van der Waals surface area contributed by atoms with Crippen LogP contribution in [-0.2, 0) is 11.2 Å². The predicted molar refractivity (Wildman–Crippen MR) is 59.1 cm³/mol. The van der Waals surface area contributed by atoms with Gasteiger partial charge in [-0.1, -0.05) is 12.1 Å². The summed E-state index contributed by atoms with van der Waals surface area (Å²) in [5, 5.41) is 10.5. The van der Waals surface area contributed by atoms with E-state index in [1.54, 1.807) is 12.1 Å². The second-order valence-electron chi connectivity index (χ2n) is 4.29. The summed E-state index contributed by atoms with van der Waals surface area (Å²) in [6, 6.07) is 6.30. The molecule has 1 saturated carbocycles. The fraction of sp³-hybridized carbons (Fsp3) is 0.417. The third kappa shape index (κ3) is 2.89. The number of ketones is 1. The average molecular weight is 219 g/mol. The van der Waals surface area contributed by atoms with Gasteiger partial charge in [0.15, 0.2) is 0 Å². The summed E-state index contributed by atoms with van der Waals surface area (Å²) in [6.07, 6.45) is 3.25. The molecule has 0 bridgehead atoms. The highest BCUT2D eigenvalue weighted by molar-refractivity contribution is 5.81. The Labute approximate surface area is 93.4 Å². The number of benzene rings is 1. The Kier molecular flexibility index (Phi) is 2.99. The van der Waals surface area contributed by atoms with Crippen LogP contribution in [0.5, 0.6) is 0 Å². The van der Waals surface area contributed by atoms with Crippen LogP contribution in [0.3, 0.4) is 0 Å². The number of nitro benzene ring substituents is 1. The van der Waals surface area contributed by atoms with E-state index in [4.69, 9.17) is 0 Å². The minimum absolute atomic E-state index is 0.0525. The maximum Gasteiger partial charge on any atom is 0.269 e. The van der Waals surface area contributed by atoms with Crippen molar-refractivity contribution in [2.24, 2.45) is 5.92 Å². The largest absolute Gasteiger partial charge is 0.299 e. The molecule has 0 aromatic heterocycles. The molecule has 4 heteroatoms. The highest BCUT2D eigenvalue weighted by Crippen LogP contribution is 2.32. The number of nitrogens with zero attached hydrogens (tertiary/aromatic N) is 1. The van der Waals surface area contributed by atoms with Gasteiger partial charge in [0, 0.05) is 25.0 Å². The van der Waals surface area contributed by atoms with E-state index < -0.39 is 4.92 Å². The van der Waals surface area contributed by atoms with Crippen molar-refractivity contribution < 1.29 is 9.72 Å². The molecule has 0 aliphatic heterocycles. The number of carbonyl (C=O) groups excluding carboxylic acids is 1. The van der Waals surface area contributed by atoms with Gasteiger partial charge in [0.1, 0.15) is 5.78 Å². The van der Waals surface area contributed by atoms with E-state index in [1.807, 2.05) is 0 Å². The first kappa shape index (κ1) is 10.8. The van der Waals surface area contributed by atoms with Gasteiger partial charge in [0.25, 0.3) is 5.69 Å². The zero-order valence-electron chi connectivity index (χ0n) is 8.89. The predicted octanol–water partition coefficient (Wildman–Crippen LogP) is 2.51. The summed E-state index contributed by atoms with van der Waals surface area (Å²) < 4.78 is 0. The molecule has 4 nitrogen and oxygen atoms in total. The van der Waals surface area contributed by atoms with Crippen LogP contribution in [0.1, 0.15) is 24.8 Å². The summed E-state index contributed by atoms with van der Waals surface area (Å²) in [5.41, 5.74) is 0.788. The molecule has 0 heterocycles. The van der Waals surface area contributed by atoms with Gasteiger partial charge >= 0.3 is 0 Å². The van der Waals surface area contributed by atoms with Crippen molar-refractivity contribution in [3.63, 3.8) is 0 Å². The molecule has 84 valence electrons. The summed E-state index contributed by atoms with van der Waals surface area (Å²) in [7, 11) is 0. The zero-order chi connectivity index (χ0) is 11.5. The topological polar surface area (TPSA) is 60.2 Å². The van der Waals surface area contributed by atoms with Gasteiger partial charge in [0.05, 0.1) is 4.92 Å². The lowest BCUT2D eigenvalue weighted by atomic mass is 10.0. The highest BCUT2D eigenvalue weighted by Gasteiger charge is 2.24. The molecule has 1 aliphatic carbocycles. The van der Waals surface area contributed by atoms with Crippen LogP contribution in [0.2, 0.25) is 0 Å². The molecule has 0 spiro atoms. The Morgan fingerprint density at radius 3 is 2.81 bits per heavy atom. The highest BCUT2D eigenvalue weighted by atomic mass is 16.6. The van der Waals surface area contributed by atoms with Crippen LogP contribution < -0.4 is 0 Å². The monoisotopic (exact) mass is 219 g/mol. The van der Waals surface area contributed by atoms with Crippen LogP contribution in [0, 0.1) is 16.0 Å². The lowest BCUT2D eigenvalue weighted by Crippen LogP contribution is -2.03. The van der Waals surface area contributed by atoms with Crippen molar-refractivity contribution in [1.82, 2.24) is 0 Å². The Morgan fingerprint density at radius 2 is 2.19 bits per heavy atom. The molecular formula is C12H13NO3. The molecule has 1 aromatic carbocycles. The average Bonchev–Trinajstić information content (AvgIpc) is 3.01. The molecule has 0 N–H and O–H groups in total. The van der Waals surface area contributed by atoms with Crippen molar-refractivity contribution in [1.29, 1.82) is 0 Å². The van der Waals surface area contributed by atoms with E-state index in [0.29, 0.717) is 18.8 Å². The Balaban J connectivity index is 1.99. The molecule has 16 heavy (non-hydrogen) atoms. The van der Waals surface area contributed by atoms with Gasteiger partial charge in [-0.05, 0) is 24.3 Å². The van der Waals surface area contributed by atoms with Gasteiger partial charge in [-0.2, -0.15) is 0 Å². The molecule has 0 saturated heterocycles.